The Kier molecular flexibility index (Phi) is 4.40. The number of nitrogens with zero attached hydrogens (tertiary/aromatic N) is 2. The summed E-state index contributed by atoms with van der Waals surface area (Å²) in [6, 6.07) is 1.19. The van der Waals surface area contributed by atoms with Gasteiger partial charge in [-0.2, -0.15) is 0 Å². The number of hydrogen-bond acceptors (Lipinski definition) is 3. The van der Waals surface area contributed by atoms with Crippen molar-refractivity contribution in [3.05, 3.63) is 0 Å². The van der Waals surface area contributed by atoms with Gasteiger partial charge in [0.1, 0.15) is 0 Å². The Morgan fingerprint density at radius 2 is 1.65 bits per heavy atom. The third-order valence-corrected chi connectivity index (χ3v) is 4.16. The standard InChI is InChI=1S/C13H25N3O/c1-11(17)14-12-3-5-13(6-4-12)16-9-7-15(2)8-10-16/h12-13H,3-10H2,1-2H3,(H,14,17). The molecule has 0 unspecified atom stereocenters. The molecule has 2 fully saturated rings. The van der Waals surface area contributed by atoms with Crippen LogP contribution in [0.5, 0.6) is 0 Å². The topological polar surface area (TPSA) is 35.6 Å². The summed E-state index contributed by atoms with van der Waals surface area (Å²) in [5, 5.41) is 3.05. The lowest BCUT2D eigenvalue weighted by Gasteiger charge is -2.41. The first kappa shape index (κ1) is 12.8. The summed E-state index contributed by atoms with van der Waals surface area (Å²) in [5.41, 5.74) is 0. The lowest BCUT2D eigenvalue weighted by molar-refractivity contribution is -0.119. The molecular weight excluding hydrogens is 214 g/mol. The van der Waals surface area contributed by atoms with E-state index in [2.05, 4.69) is 22.2 Å². The zero-order valence-electron chi connectivity index (χ0n) is 11.1. The van der Waals surface area contributed by atoms with Crippen LogP contribution >= 0.6 is 0 Å². The summed E-state index contributed by atoms with van der Waals surface area (Å²) in [6.07, 6.45) is 4.79. The van der Waals surface area contributed by atoms with E-state index < -0.39 is 0 Å². The van der Waals surface area contributed by atoms with Crippen molar-refractivity contribution in [1.29, 1.82) is 0 Å². The average molecular weight is 239 g/mol. The van der Waals surface area contributed by atoms with Crippen molar-refractivity contribution in [2.24, 2.45) is 0 Å². The molecule has 4 nitrogen and oxygen atoms in total. The Bertz CT molecular complexity index is 253. The average Bonchev–Trinajstić information content (AvgIpc) is 2.30. The smallest absolute Gasteiger partial charge is 0.217 e. The van der Waals surface area contributed by atoms with Gasteiger partial charge in [0, 0.05) is 45.2 Å². The van der Waals surface area contributed by atoms with Crippen molar-refractivity contribution in [2.45, 2.75) is 44.7 Å². The molecule has 1 aliphatic carbocycles. The molecule has 0 spiro atoms. The summed E-state index contributed by atoms with van der Waals surface area (Å²) >= 11 is 0. The highest BCUT2D eigenvalue weighted by atomic mass is 16.1. The molecule has 0 aromatic rings. The first-order chi connectivity index (χ1) is 8.15. The van der Waals surface area contributed by atoms with Gasteiger partial charge in [0.15, 0.2) is 0 Å². The van der Waals surface area contributed by atoms with Crippen molar-refractivity contribution < 1.29 is 4.79 Å². The van der Waals surface area contributed by atoms with Crippen LogP contribution in [0.25, 0.3) is 0 Å². The van der Waals surface area contributed by atoms with Gasteiger partial charge >= 0.3 is 0 Å². The first-order valence-electron chi connectivity index (χ1n) is 6.85. The summed E-state index contributed by atoms with van der Waals surface area (Å²) in [5.74, 6) is 0.119. The summed E-state index contributed by atoms with van der Waals surface area (Å²) in [4.78, 5) is 16.0. The lowest BCUT2D eigenvalue weighted by Crippen LogP contribution is -2.51. The van der Waals surface area contributed by atoms with Crippen molar-refractivity contribution in [2.75, 3.05) is 33.2 Å². The van der Waals surface area contributed by atoms with Crippen LogP contribution in [-0.4, -0.2) is 61.0 Å². The first-order valence-corrected chi connectivity index (χ1v) is 6.85. The van der Waals surface area contributed by atoms with Gasteiger partial charge in [-0.05, 0) is 32.7 Å². The molecule has 1 N–H and O–H groups in total. The molecule has 1 saturated carbocycles. The summed E-state index contributed by atoms with van der Waals surface area (Å²) in [7, 11) is 2.20. The molecule has 0 atom stereocenters. The van der Waals surface area contributed by atoms with E-state index in [-0.39, 0.29) is 5.91 Å². The third-order valence-electron chi connectivity index (χ3n) is 4.16. The van der Waals surface area contributed by atoms with Crippen molar-refractivity contribution in [3.8, 4) is 0 Å². The lowest BCUT2D eigenvalue weighted by atomic mass is 9.90. The van der Waals surface area contributed by atoms with Gasteiger partial charge in [-0.1, -0.05) is 0 Å². The highest BCUT2D eigenvalue weighted by Gasteiger charge is 2.27. The van der Waals surface area contributed by atoms with Crippen LogP contribution < -0.4 is 5.32 Å². The van der Waals surface area contributed by atoms with Crippen LogP contribution in [0, 0.1) is 0 Å². The number of likely N-dealkylation sites (N-methyl/N-ethyl adjacent to an activating group) is 1. The maximum Gasteiger partial charge on any atom is 0.217 e. The molecule has 1 amide bonds. The summed E-state index contributed by atoms with van der Waals surface area (Å²) in [6.45, 7) is 6.45. The zero-order valence-corrected chi connectivity index (χ0v) is 11.1. The largest absolute Gasteiger partial charge is 0.354 e. The Balaban J connectivity index is 1.73. The molecule has 2 aliphatic rings. The van der Waals surface area contributed by atoms with E-state index in [4.69, 9.17) is 0 Å². The van der Waals surface area contributed by atoms with Gasteiger partial charge in [-0.3, -0.25) is 9.69 Å². The van der Waals surface area contributed by atoms with E-state index in [0.717, 1.165) is 18.9 Å². The molecule has 0 bridgehead atoms. The van der Waals surface area contributed by atoms with Crippen LogP contribution in [0.3, 0.4) is 0 Å². The fourth-order valence-corrected chi connectivity index (χ4v) is 3.06. The number of piperazine rings is 1. The van der Waals surface area contributed by atoms with E-state index in [9.17, 15) is 4.79 Å². The van der Waals surface area contributed by atoms with E-state index in [1.807, 2.05) is 0 Å². The van der Waals surface area contributed by atoms with Crippen LogP contribution in [0.15, 0.2) is 0 Å². The van der Waals surface area contributed by atoms with E-state index >= 15 is 0 Å². The van der Waals surface area contributed by atoms with E-state index in [0.29, 0.717) is 6.04 Å². The van der Waals surface area contributed by atoms with Gasteiger partial charge in [-0.15, -0.1) is 0 Å². The molecule has 98 valence electrons. The Morgan fingerprint density at radius 3 is 2.18 bits per heavy atom. The second-order valence-corrected chi connectivity index (χ2v) is 5.55. The normalized spacial score (nSPS) is 32.4. The molecule has 1 saturated heterocycles. The van der Waals surface area contributed by atoms with Crippen LogP contribution in [0.1, 0.15) is 32.6 Å². The fourth-order valence-electron chi connectivity index (χ4n) is 3.06. The van der Waals surface area contributed by atoms with E-state index in [1.165, 1.54) is 39.0 Å². The SMILES string of the molecule is CC(=O)NC1CCC(N2CCN(C)CC2)CC1. The van der Waals surface area contributed by atoms with Gasteiger partial charge in [0.2, 0.25) is 5.91 Å². The monoisotopic (exact) mass is 239 g/mol. The van der Waals surface area contributed by atoms with Gasteiger partial charge < -0.3 is 10.2 Å². The Hall–Kier alpha value is -0.610. The van der Waals surface area contributed by atoms with Gasteiger partial charge in [0.05, 0.1) is 0 Å². The highest BCUT2D eigenvalue weighted by molar-refractivity contribution is 5.73. The number of carbonyl (C=O) groups is 1. The minimum Gasteiger partial charge on any atom is -0.354 e. The second kappa shape index (κ2) is 5.83. The Morgan fingerprint density at radius 1 is 1.06 bits per heavy atom. The second-order valence-electron chi connectivity index (χ2n) is 5.55. The molecular formula is C13H25N3O. The molecule has 0 aromatic carbocycles. The fraction of sp³-hybridized carbons (Fsp3) is 0.923. The molecule has 4 heteroatoms. The van der Waals surface area contributed by atoms with Gasteiger partial charge in [0.25, 0.3) is 0 Å². The molecule has 0 aromatic heterocycles. The quantitative estimate of drug-likeness (QED) is 0.770. The minimum atomic E-state index is 0.119. The summed E-state index contributed by atoms with van der Waals surface area (Å²) < 4.78 is 0. The van der Waals surface area contributed by atoms with Crippen LogP contribution in [0.4, 0.5) is 0 Å². The zero-order chi connectivity index (χ0) is 12.3. The number of hydrogen-bond donors (Lipinski definition) is 1. The molecule has 0 radical (unpaired) electrons. The Labute approximate surface area is 104 Å². The minimum absolute atomic E-state index is 0.119. The third kappa shape index (κ3) is 3.68. The highest BCUT2D eigenvalue weighted by Crippen LogP contribution is 2.23. The maximum absolute atomic E-state index is 11.0. The van der Waals surface area contributed by atoms with Crippen molar-refractivity contribution in [1.82, 2.24) is 15.1 Å². The van der Waals surface area contributed by atoms with Gasteiger partial charge in [-0.25, -0.2) is 0 Å². The van der Waals surface area contributed by atoms with Crippen molar-refractivity contribution in [3.63, 3.8) is 0 Å². The number of rotatable bonds is 2. The predicted octanol–water partition coefficient (Wildman–Crippen LogP) is 0.681. The predicted molar refractivity (Wildman–Crippen MR) is 68.9 cm³/mol. The maximum atomic E-state index is 11.0. The van der Waals surface area contributed by atoms with Crippen molar-refractivity contribution >= 4 is 5.91 Å². The number of carbonyl (C=O) groups excluding carboxylic acids is 1. The number of nitrogens with one attached hydrogen (secondary N) is 1. The number of amides is 1. The molecule has 17 heavy (non-hydrogen) atoms. The van der Waals surface area contributed by atoms with Crippen LogP contribution in [-0.2, 0) is 4.79 Å². The molecule has 1 heterocycles. The van der Waals surface area contributed by atoms with E-state index in [1.54, 1.807) is 6.92 Å². The van der Waals surface area contributed by atoms with Crippen LogP contribution in [0.2, 0.25) is 0 Å². The molecule has 1 aliphatic heterocycles. The molecule has 2 rings (SSSR count).